The molecule has 2 aromatic heterocycles. The van der Waals surface area contributed by atoms with E-state index >= 15 is 0 Å². The SMILES string of the molecule is Cc1cc(C(=O)N2CCCCC2)c2c(=O)n(CC(=O)NC(C)(C)C)c(=O)n(-c3ccccc3)c2n1. The number of aryl methyl sites for hydroxylation is 1. The number of piperidine rings is 1. The van der Waals surface area contributed by atoms with E-state index in [9.17, 15) is 19.2 Å². The number of carbonyl (C=O) groups excluding carboxylic acids is 2. The van der Waals surface area contributed by atoms with Gasteiger partial charge in [0.05, 0.1) is 16.6 Å². The summed E-state index contributed by atoms with van der Waals surface area (Å²) in [6, 6.07) is 10.4. The van der Waals surface area contributed by atoms with Crippen LogP contribution in [0.2, 0.25) is 0 Å². The van der Waals surface area contributed by atoms with E-state index in [-0.39, 0.29) is 22.5 Å². The van der Waals surface area contributed by atoms with E-state index in [1.807, 2.05) is 26.8 Å². The van der Waals surface area contributed by atoms with Crippen molar-refractivity contribution in [3.8, 4) is 5.69 Å². The largest absolute Gasteiger partial charge is 0.350 e. The Balaban J connectivity index is 2.01. The van der Waals surface area contributed by atoms with Gasteiger partial charge in [-0.2, -0.15) is 0 Å². The van der Waals surface area contributed by atoms with Crippen LogP contribution < -0.4 is 16.6 Å². The first kappa shape index (κ1) is 24.4. The van der Waals surface area contributed by atoms with Crippen molar-refractivity contribution in [1.82, 2.24) is 24.3 Å². The third kappa shape index (κ3) is 5.03. The van der Waals surface area contributed by atoms with Gasteiger partial charge in [-0.25, -0.2) is 18.9 Å². The number of carbonyl (C=O) groups is 2. The number of nitrogens with zero attached hydrogens (tertiary/aromatic N) is 4. The third-order valence-corrected chi connectivity index (χ3v) is 5.93. The van der Waals surface area contributed by atoms with Crippen LogP contribution in [0.1, 0.15) is 56.1 Å². The maximum atomic E-state index is 13.7. The fourth-order valence-electron chi connectivity index (χ4n) is 4.45. The van der Waals surface area contributed by atoms with Crippen LogP contribution in [0.15, 0.2) is 46.0 Å². The molecule has 184 valence electrons. The second-order valence-corrected chi connectivity index (χ2v) is 10.0. The molecule has 4 rings (SSSR count). The van der Waals surface area contributed by atoms with Gasteiger partial charge in [0.15, 0.2) is 5.65 Å². The Morgan fingerprint density at radius 3 is 2.31 bits per heavy atom. The summed E-state index contributed by atoms with van der Waals surface area (Å²) in [6.45, 7) is 7.94. The number of aromatic nitrogens is 3. The Kier molecular flexibility index (Phi) is 6.60. The zero-order chi connectivity index (χ0) is 25.3. The molecule has 1 fully saturated rings. The molecule has 3 aromatic rings. The molecular formula is C26H31N5O4. The first-order chi connectivity index (χ1) is 16.6. The zero-order valence-electron chi connectivity index (χ0n) is 20.6. The summed E-state index contributed by atoms with van der Waals surface area (Å²) in [6.07, 6.45) is 2.86. The van der Waals surface area contributed by atoms with E-state index in [2.05, 4.69) is 10.3 Å². The summed E-state index contributed by atoms with van der Waals surface area (Å²) >= 11 is 0. The molecule has 0 aliphatic carbocycles. The number of fused-ring (bicyclic) bond motifs is 1. The molecule has 1 saturated heterocycles. The molecule has 0 saturated carbocycles. The lowest BCUT2D eigenvalue weighted by Crippen LogP contribution is -2.48. The van der Waals surface area contributed by atoms with Crippen molar-refractivity contribution in [2.45, 2.75) is 59.0 Å². The molecule has 35 heavy (non-hydrogen) atoms. The Morgan fingerprint density at radius 2 is 1.69 bits per heavy atom. The maximum absolute atomic E-state index is 13.7. The van der Waals surface area contributed by atoms with Crippen molar-refractivity contribution in [1.29, 1.82) is 0 Å². The predicted molar refractivity (Wildman–Crippen MR) is 134 cm³/mol. The standard InChI is InChI=1S/C26H31N5O4/c1-17-15-19(23(33)29-13-9-6-10-14-29)21-22(27-17)31(18-11-7-5-8-12-18)25(35)30(24(21)34)16-20(32)28-26(2,3)4/h5,7-8,11-12,15H,6,9-10,13-14,16H2,1-4H3,(H,28,32). The lowest BCUT2D eigenvalue weighted by atomic mass is 10.1. The molecular weight excluding hydrogens is 446 g/mol. The molecule has 1 aliphatic heterocycles. The highest BCUT2D eigenvalue weighted by molar-refractivity contribution is 6.05. The molecule has 3 heterocycles. The van der Waals surface area contributed by atoms with Crippen molar-refractivity contribution < 1.29 is 9.59 Å². The molecule has 9 heteroatoms. The molecule has 0 spiro atoms. The van der Waals surface area contributed by atoms with Crippen molar-refractivity contribution in [2.75, 3.05) is 13.1 Å². The molecule has 1 N–H and O–H groups in total. The van der Waals surface area contributed by atoms with Gasteiger partial charge in [-0.1, -0.05) is 18.2 Å². The summed E-state index contributed by atoms with van der Waals surface area (Å²) in [4.78, 5) is 59.9. The van der Waals surface area contributed by atoms with Crippen LogP contribution in [-0.2, 0) is 11.3 Å². The monoisotopic (exact) mass is 477 g/mol. The van der Waals surface area contributed by atoms with Crippen molar-refractivity contribution >= 4 is 22.8 Å². The van der Waals surface area contributed by atoms with Crippen molar-refractivity contribution in [3.05, 3.63) is 68.5 Å². The van der Waals surface area contributed by atoms with Crippen LogP contribution in [-0.4, -0.2) is 49.5 Å². The molecule has 9 nitrogen and oxygen atoms in total. The highest BCUT2D eigenvalue weighted by Crippen LogP contribution is 2.21. The smallest absolute Gasteiger partial charge is 0.337 e. The van der Waals surface area contributed by atoms with Gasteiger partial charge in [-0.15, -0.1) is 0 Å². The maximum Gasteiger partial charge on any atom is 0.337 e. The number of pyridine rings is 1. The number of amides is 2. The normalized spacial score (nSPS) is 14.2. The highest BCUT2D eigenvalue weighted by Gasteiger charge is 2.27. The van der Waals surface area contributed by atoms with Crippen LogP contribution in [0.3, 0.4) is 0 Å². The predicted octanol–water partition coefficient (Wildman–Crippen LogP) is 2.40. The van der Waals surface area contributed by atoms with Gasteiger partial charge in [0.1, 0.15) is 6.54 Å². The van der Waals surface area contributed by atoms with Gasteiger partial charge in [0.25, 0.3) is 11.5 Å². The van der Waals surface area contributed by atoms with Gasteiger partial charge in [0, 0.05) is 24.3 Å². The van der Waals surface area contributed by atoms with E-state index in [4.69, 9.17) is 0 Å². The van der Waals surface area contributed by atoms with E-state index < -0.39 is 29.2 Å². The number of likely N-dealkylation sites (tertiary alicyclic amines) is 1. The van der Waals surface area contributed by atoms with Crippen molar-refractivity contribution in [2.24, 2.45) is 0 Å². The van der Waals surface area contributed by atoms with Crippen LogP contribution in [0.25, 0.3) is 16.7 Å². The number of para-hydroxylation sites is 1. The lowest BCUT2D eigenvalue weighted by Gasteiger charge is -2.27. The molecule has 1 aromatic carbocycles. The quantitative estimate of drug-likeness (QED) is 0.621. The summed E-state index contributed by atoms with van der Waals surface area (Å²) in [5.41, 5.74) is -0.606. The molecule has 0 unspecified atom stereocenters. The minimum atomic E-state index is -0.700. The first-order valence-electron chi connectivity index (χ1n) is 11.9. The fraction of sp³-hybridized carbons (Fsp3) is 0.423. The van der Waals surface area contributed by atoms with E-state index in [1.54, 1.807) is 42.2 Å². The number of benzene rings is 1. The van der Waals surface area contributed by atoms with Crippen LogP contribution in [0, 0.1) is 6.92 Å². The topological polar surface area (TPSA) is 106 Å². The Morgan fingerprint density at radius 1 is 1.03 bits per heavy atom. The van der Waals surface area contributed by atoms with Crippen LogP contribution in [0.4, 0.5) is 0 Å². The second kappa shape index (κ2) is 9.48. The average molecular weight is 478 g/mol. The summed E-state index contributed by atoms with van der Waals surface area (Å²) < 4.78 is 2.20. The minimum Gasteiger partial charge on any atom is -0.350 e. The number of hydrogen-bond acceptors (Lipinski definition) is 5. The summed E-state index contributed by atoms with van der Waals surface area (Å²) in [5.74, 6) is -0.735. The van der Waals surface area contributed by atoms with Gasteiger partial charge >= 0.3 is 5.69 Å². The highest BCUT2D eigenvalue weighted by atomic mass is 16.2. The lowest BCUT2D eigenvalue weighted by molar-refractivity contribution is -0.123. The van der Waals surface area contributed by atoms with Crippen LogP contribution in [0.5, 0.6) is 0 Å². The zero-order valence-corrected chi connectivity index (χ0v) is 20.6. The second-order valence-electron chi connectivity index (χ2n) is 10.0. The molecule has 0 atom stereocenters. The van der Waals surface area contributed by atoms with E-state index in [0.717, 1.165) is 23.8 Å². The Hall–Kier alpha value is -3.75. The van der Waals surface area contributed by atoms with E-state index in [1.165, 1.54) is 4.57 Å². The van der Waals surface area contributed by atoms with Gasteiger partial charge < -0.3 is 10.2 Å². The third-order valence-electron chi connectivity index (χ3n) is 5.93. The Labute approximate surface area is 203 Å². The Bertz CT molecular complexity index is 1390. The van der Waals surface area contributed by atoms with Crippen molar-refractivity contribution in [3.63, 3.8) is 0 Å². The van der Waals surface area contributed by atoms with Gasteiger partial charge in [0.2, 0.25) is 5.91 Å². The molecule has 2 amide bonds. The number of hydrogen-bond donors (Lipinski definition) is 1. The summed E-state index contributed by atoms with van der Waals surface area (Å²) in [7, 11) is 0. The van der Waals surface area contributed by atoms with Crippen LogP contribution >= 0.6 is 0 Å². The first-order valence-corrected chi connectivity index (χ1v) is 11.9. The molecule has 1 aliphatic rings. The molecule has 0 bridgehead atoms. The summed E-state index contributed by atoms with van der Waals surface area (Å²) in [5, 5.41) is 2.83. The average Bonchev–Trinajstić information content (AvgIpc) is 2.81. The van der Waals surface area contributed by atoms with E-state index in [0.29, 0.717) is 24.5 Å². The van der Waals surface area contributed by atoms with Gasteiger partial charge in [-0.3, -0.25) is 14.4 Å². The number of nitrogens with one attached hydrogen (secondary N) is 1. The van der Waals surface area contributed by atoms with Gasteiger partial charge in [-0.05, 0) is 65.2 Å². The fourth-order valence-corrected chi connectivity index (χ4v) is 4.45. The number of rotatable bonds is 4. The molecule has 0 radical (unpaired) electrons. The minimum absolute atomic E-state index is 0.0400.